The number of furan rings is 1. The summed E-state index contributed by atoms with van der Waals surface area (Å²) in [6.07, 6.45) is 1.68. The van der Waals surface area contributed by atoms with E-state index in [0.717, 1.165) is 11.3 Å². The van der Waals surface area contributed by atoms with Crippen molar-refractivity contribution in [1.29, 1.82) is 0 Å². The number of allylic oxidation sites excluding steroid dienone is 1. The van der Waals surface area contributed by atoms with Gasteiger partial charge in [-0.05, 0) is 65.9 Å². The summed E-state index contributed by atoms with van der Waals surface area (Å²) < 4.78 is 14.9. The van der Waals surface area contributed by atoms with E-state index >= 15 is 0 Å². The van der Waals surface area contributed by atoms with Gasteiger partial charge in [0.25, 0.3) is 5.56 Å². The molecule has 0 radical (unpaired) electrons. The molecule has 1 aliphatic heterocycles. The van der Waals surface area contributed by atoms with Crippen molar-refractivity contribution in [3.8, 4) is 5.69 Å². The summed E-state index contributed by atoms with van der Waals surface area (Å²) in [6.45, 7) is 3.73. The first-order valence-electron chi connectivity index (χ1n) is 12.4. The smallest absolute Gasteiger partial charge is 0.338 e. The highest BCUT2D eigenvalue weighted by Crippen LogP contribution is 2.31. The third-order valence-corrected chi connectivity index (χ3v) is 7.98. The van der Waals surface area contributed by atoms with Crippen molar-refractivity contribution in [2.24, 2.45) is 4.99 Å². The summed E-state index contributed by atoms with van der Waals surface area (Å²) in [6, 6.07) is 21.9. The number of ether oxygens (including phenoxy) is 1. The van der Waals surface area contributed by atoms with Gasteiger partial charge in [0.2, 0.25) is 5.16 Å². The van der Waals surface area contributed by atoms with Crippen LogP contribution in [0.25, 0.3) is 11.8 Å². The first-order chi connectivity index (χ1) is 19.5. The lowest BCUT2D eigenvalue weighted by atomic mass is 9.96. The van der Waals surface area contributed by atoms with Crippen molar-refractivity contribution in [3.63, 3.8) is 0 Å². The number of hydrogen-bond acceptors (Lipinski definition) is 10. The fraction of sp³-hybridized carbons (Fsp3) is 0.143. The Labute approximate surface area is 235 Å². The van der Waals surface area contributed by atoms with Gasteiger partial charge in [0, 0.05) is 6.08 Å². The van der Waals surface area contributed by atoms with Crippen LogP contribution in [0.15, 0.2) is 109 Å². The number of esters is 1. The van der Waals surface area contributed by atoms with Gasteiger partial charge in [-0.1, -0.05) is 59.9 Å². The molecule has 40 heavy (non-hydrogen) atoms. The summed E-state index contributed by atoms with van der Waals surface area (Å²) in [5.74, 6) is 0.00141. The maximum atomic E-state index is 13.7. The van der Waals surface area contributed by atoms with Crippen molar-refractivity contribution >= 4 is 35.1 Å². The van der Waals surface area contributed by atoms with Crippen molar-refractivity contribution < 1.29 is 13.9 Å². The standard InChI is InChI=1S/C28H22N6O4S2/c1-3-37-26(36)23-17(2)29-27-33(24(23)18-10-6-4-7-11-18)25(35)21(39-27)16-20-14-15-22(38-20)40-28-30-31-32-34(28)19-12-8-5-9-13-19/h4-16,24H,3H2,1-2H3/b21-16-/t24-/m1/s1. The molecule has 0 fully saturated rings. The van der Waals surface area contributed by atoms with Crippen LogP contribution in [0.2, 0.25) is 0 Å². The van der Waals surface area contributed by atoms with Gasteiger partial charge < -0.3 is 9.15 Å². The number of benzene rings is 2. The molecule has 0 bridgehead atoms. The molecule has 0 saturated heterocycles. The van der Waals surface area contributed by atoms with Crippen LogP contribution in [0.5, 0.6) is 0 Å². The zero-order chi connectivity index (χ0) is 27.6. The van der Waals surface area contributed by atoms with Gasteiger partial charge in [-0.15, -0.1) is 5.10 Å². The van der Waals surface area contributed by atoms with Crippen LogP contribution in [-0.2, 0) is 9.53 Å². The lowest BCUT2D eigenvalue weighted by molar-refractivity contribution is -0.139. The van der Waals surface area contributed by atoms with Gasteiger partial charge in [-0.3, -0.25) is 9.36 Å². The molecule has 1 aliphatic rings. The molecule has 4 heterocycles. The van der Waals surface area contributed by atoms with Crippen LogP contribution >= 0.6 is 23.1 Å². The van der Waals surface area contributed by atoms with Crippen LogP contribution in [0, 0.1) is 0 Å². The molecular weight excluding hydrogens is 548 g/mol. The van der Waals surface area contributed by atoms with Crippen molar-refractivity contribution in [3.05, 3.63) is 115 Å². The fourth-order valence-electron chi connectivity index (χ4n) is 4.40. The highest BCUT2D eigenvalue weighted by atomic mass is 32.2. The fourth-order valence-corrected chi connectivity index (χ4v) is 6.19. The quantitative estimate of drug-likeness (QED) is 0.273. The van der Waals surface area contributed by atoms with Crippen LogP contribution < -0.4 is 14.9 Å². The first kappa shape index (κ1) is 25.7. The Balaban J connectivity index is 1.36. The maximum absolute atomic E-state index is 13.7. The number of aromatic nitrogens is 5. The van der Waals surface area contributed by atoms with Crippen molar-refractivity contribution in [1.82, 2.24) is 24.8 Å². The van der Waals surface area contributed by atoms with Crippen LogP contribution in [0.4, 0.5) is 0 Å². The van der Waals surface area contributed by atoms with Gasteiger partial charge in [-0.25, -0.2) is 9.79 Å². The van der Waals surface area contributed by atoms with Gasteiger partial charge in [0.15, 0.2) is 9.89 Å². The van der Waals surface area contributed by atoms with E-state index in [4.69, 9.17) is 9.15 Å². The minimum Gasteiger partial charge on any atom is -0.463 e. The molecule has 10 nitrogen and oxygen atoms in total. The Morgan fingerprint density at radius 1 is 1.10 bits per heavy atom. The SMILES string of the molecule is CCOC(=O)C1=C(C)N=c2s/c(=C\c3ccc(Sc4nnnn4-c4ccccc4)o3)c(=O)n2[C@@H]1c1ccccc1. The van der Waals surface area contributed by atoms with Crippen LogP contribution in [-0.4, -0.2) is 37.4 Å². The number of fused-ring (bicyclic) bond motifs is 1. The number of tetrazole rings is 1. The second-order valence-corrected chi connectivity index (χ2v) is 10.7. The number of thiazole rings is 1. The van der Waals surface area contributed by atoms with E-state index in [1.807, 2.05) is 60.7 Å². The van der Waals surface area contributed by atoms with E-state index in [9.17, 15) is 9.59 Å². The zero-order valence-corrected chi connectivity index (χ0v) is 23.1. The van der Waals surface area contributed by atoms with E-state index < -0.39 is 12.0 Å². The van der Waals surface area contributed by atoms with E-state index in [2.05, 4.69) is 20.5 Å². The highest BCUT2D eigenvalue weighted by Gasteiger charge is 2.33. The Morgan fingerprint density at radius 3 is 2.60 bits per heavy atom. The van der Waals surface area contributed by atoms with E-state index in [-0.39, 0.29) is 12.2 Å². The lowest BCUT2D eigenvalue weighted by Gasteiger charge is -2.24. The van der Waals surface area contributed by atoms with Gasteiger partial charge in [-0.2, -0.15) is 4.68 Å². The first-order valence-corrected chi connectivity index (χ1v) is 14.0. The minimum absolute atomic E-state index is 0.220. The molecule has 12 heteroatoms. The summed E-state index contributed by atoms with van der Waals surface area (Å²) in [5, 5.41) is 13.1. The third kappa shape index (κ3) is 4.82. The number of para-hydroxylation sites is 1. The molecule has 6 rings (SSSR count). The third-order valence-electron chi connectivity index (χ3n) is 6.14. The Bertz CT molecular complexity index is 1900. The minimum atomic E-state index is -0.654. The molecule has 3 aromatic heterocycles. The van der Waals surface area contributed by atoms with Crippen LogP contribution in [0.1, 0.15) is 31.2 Å². The molecule has 0 aliphatic carbocycles. The Kier molecular flexibility index (Phi) is 7.01. The molecule has 5 aromatic rings. The van der Waals surface area contributed by atoms with Gasteiger partial charge in [0.1, 0.15) is 5.76 Å². The zero-order valence-electron chi connectivity index (χ0n) is 21.4. The number of carbonyl (C=O) groups excluding carboxylic acids is 1. The summed E-state index contributed by atoms with van der Waals surface area (Å²) in [7, 11) is 0. The lowest BCUT2D eigenvalue weighted by Crippen LogP contribution is -2.39. The monoisotopic (exact) mass is 570 g/mol. The predicted molar refractivity (Wildman–Crippen MR) is 149 cm³/mol. The average molecular weight is 571 g/mol. The van der Waals surface area contributed by atoms with E-state index in [1.54, 1.807) is 41.3 Å². The molecule has 0 amide bonds. The molecule has 0 unspecified atom stereocenters. The normalized spacial score (nSPS) is 15.2. The highest BCUT2D eigenvalue weighted by molar-refractivity contribution is 7.99. The van der Waals surface area contributed by atoms with Gasteiger partial charge >= 0.3 is 5.97 Å². The Hall–Kier alpha value is -4.55. The topological polar surface area (TPSA) is 117 Å². The molecule has 2 aromatic carbocycles. The molecular formula is C28H22N6O4S2. The van der Waals surface area contributed by atoms with Crippen molar-refractivity contribution in [2.45, 2.75) is 30.1 Å². The number of rotatable bonds is 7. The van der Waals surface area contributed by atoms with Crippen LogP contribution in [0.3, 0.4) is 0 Å². The Morgan fingerprint density at radius 2 is 1.85 bits per heavy atom. The predicted octanol–water partition coefficient (Wildman–Crippen LogP) is 3.52. The molecule has 0 saturated carbocycles. The number of nitrogens with zero attached hydrogens (tertiary/aromatic N) is 6. The van der Waals surface area contributed by atoms with Gasteiger partial charge in [0.05, 0.1) is 34.1 Å². The second-order valence-electron chi connectivity index (χ2n) is 8.68. The van der Waals surface area contributed by atoms with Crippen molar-refractivity contribution in [2.75, 3.05) is 6.61 Å². The number of hydrogen-bond donors (Lipinski definition) is 0. The molecule has 0 spiro atoms. The number of carbonyl (C=O) groups is 1. The maximum Gasteiger partial charge on any atom is 0.338 e. The van der Waals surface area contributed by atoms with E-state index in [1.165, 1.54) is 23.1 Å². The molecule has 0 N–H and O–H groups in total. The van der Waals surface area contributed by atoms with E-state index in [0.29, 0.717) is 36.6 Å². The molecule has 200 valence electrons. The molecule has 1 atom stereocenters. The average Bonchev–Trinajstić information content (AvgIpc) is 3.69. The summed E-state index contributed by atoms with van der Waals surface area (Å²) in [5.41, 5.74) is 2.21. The summed E-state index contributed by atoms with van der Waals surface area (Å²) >= 11 is 2.51. The second kappa shape index (κ2) is 10.9. The summed E-state index contributed by atoms with van der Waals surface area (Å²) in [4.78, 5) is 31.8. The largest absolute Gasteiger partial charge is 0.463 e.